The third-order valence-corrected chi connectivity index (χ3v) is 3.35. The van der Waals surface area contributed by atoms with Crippen molar-refractivity contribution in [1.29, 1.82) is 5.26 Å². The topological polar surface area (TPSA) is 90.2 Å². The predicted octanol–water partition coefficient (Wildman–Crippen LogP) is 1.30. The standard InChI is InChI=1S/C12H18N2O3/c1-2-8(6-7-13)14-11(15)9-4-3-5-10(9)12(16)17/h8-10H,2-6H2,1H3,(H,14,15)(H,16,17). The van der Waals surface area contributed by atoms with E-state index in [2.05, 4.69) is 5.32 Å². The maximum atomic E-state index is 11.9. The second-order valence-corrected chi connectivity index (χ2v) is 4.46. The van der Waals surface area contributed by atoms with Crippen LogP contribution in [0.15, 0.2) is 0 Å². The lowest BCUT2D eigenvalue weighted by Gasteiger charge is -2.19. The number of hydrogen-bond donors (Lipinski definition) is 2. The summed E-state index contributed by atoms with van der Waals surface area (Å²) in [6.07, 6.45) is 2.94. The molecule has 0 saturated heterocycles. The molecule has 17 heavy (non-hydrogen) atoms. The van der Waals surface area contributed by atoms with Crippen LogP contribution in [0.2, 0.25) is 0 Å². The minimum absolute atomic E-state index is 0.164. The molecule has 0 aromatic rings. The molecule has 1 aliphatic rings. The summed E-state index contributed by atoms with van der Waals surface area (Å²) in [4.78, 5) is 22.9. The Morgan fingerprint density at radius 3 is 2.65 bits per heavy atom. The van der Waals surface area contributed by atoms with Gasteiger partial charge in [0.25, 0.3) is 0 Å². The third kappa shape index (κ3) is 3.45. The lowest BCUT2D eigenvalue weighted by molar-refractivity contribution is -0.146. The minimum Gasteiger partial charge on any atom is -0.481 e. The number of carboxylic acids is 1. The SMILES string of the molecule is CCC(CC#N)NC(=O)C1CCCC1C(=O)O. The van der Waals surface area contributed by atoms with Crippen molar-refractivity contribution in [1.82, 2.24) is 5.32 Å². The average molecular weight is 238 g/mol. The Bertz CT molecular complexity index is 335. The summed E-state index contributed by atoms with van der Waals surface area (Å²) in [5.41, 5.74) is 0. The van der Waals surface area contributed by atoms with Crippen LogP contribution in [-0.2, 0) is 9.59 Å². The quantitative estimate of drug-likeness (QED) is 0.755. The molecule has 5 heteroatoms. The highest BCUT2D eigenvalue weighted by molar-refractivity contribution is 5.85. The van der Waals surface area contributed by atoms with Gasteiger partial charge in [-0.25, -0.2) is 0 Å². The molecule has 0 radical (unpaired) electrons. The van der Waals surface area contributed by atoms with Crippen molar-refractivity contribution in [3.05, 3.63) is 0 Å². The molecule has 5 nitrogen and oxygen atoms in total. The first-order valence-corrected chi connectivity index (χ1v) is 6.00. The van der Waals surface area contributed by atoms with Crippen LogP contribution in [0.1, 0.15) is 39.0 Å². The Kier molecular flexibility index (Phi) is 4.95. The maximum Gasteiger partial charge on any atom is 0.307 e. The lowest BCUT2D eigenvalue weighted by atomic mass is 9.95. The molecule has 0 heterocycles. The van der Waals surface area contributed by atoms with Gasteiger partial charge in [-0.1, -0.05) is 13.3 Å². The van der Waals surface area contributed by atoms with Crippen LogP contribution in [0, 0.1) is 23.2 Å². The number of amides is 1. The molecule has 3 atom stereocenters. The van der Waals surface area contributed by atoms with Crippen molar-refractivity contribution in [2.24, 2.45) is 11.8 Å². The summed E-state index contributed by atoms with van der Waals surface area (Å²) in [6.45, 7) is 1.89. The molecule has 0 spiro atoms. The monoisotopic (exact) mass is 238 g/mol. The fourth-order valence-corrected chi connectivity index (χ4v) is 2.29. The van der Waals surface area contributed by atoms with Crippen molar-refractivity contribution in [3.8, 4) is 6.07 Å². The van der Waals surface area contributed by atoms with E-state index < -0.39 is 17.8 Å². The molecule has 2 N–H and O–H groups in total. The summed E-state index contributed by atoms with van der Waals surface area (Å²) >= 11 is 0. The number of nitrogens with one attached hydrogen (secondary N) is 1. The molecule has 94 valence electrons. The number of rotatable bonds is 5. The van der Waals surface area contributed by atoms with E-state index in [9.17, 15) is 9.59 Å². The number of aliphatic carboxylic acids is 1. The van der Waals surface area contributed by atoms with E-state index in [0.29, 0.717) is 19.3 Å². The Balaban J connectivity index is 2.57. The Morgan fingerprint density at radius 2 is 2.12 bits per heavy atom. The van der Waals surface area contributed by atoms with E-state index in [4.69, 9.17) is 10.4 Å². The fraction of sp³-hybridized carbons (Fsp3) is 0.750. The Hall–Kier alpha value is -1.57. The molecule has 1 rings (SSSR count). The molecule has 1 fully saturated rings. The van der Waals surface area contributed by atoms with E-state index >= 15 is 0 Å². The number of nitrogens with zero attached hydrogens (tertiary/aromatic N) is 1. The van der Waals surface area contributed by atoms with Crippen molar-refractivity contribution in [2.45, 2.75) is 45.1 Å². The lowest BCUT2D eigenvalue weighted by Crippen LogP contribution is -2.40. The zero-order chi connectivity index (χ0) is 12.8. The van der Waals surface area contributed by atoms with Gasteiger partial charge in [-0.3, -0.25) is 9.59 Å². The maximum absolute atomic E-state index is 11.9. The summed E-state index contributed by atoms with van der Waals surface area (Å²) in [5.74, 6) is -2.09. The first kappa shape index (κ1) is 13.5. The van der Waals surface area contributed by atoms with Gasteiger partial charge < -0.3 is 10.4 Å². The minimum atomic E-state index is -0.893. The molecular formula is C12H18N2O3. The summed E-state index contributed by atoms with van der Waals surface area (Å²) in [6, 6.07) is 1.85. The second-order valence-electron chi connectivity index (χ2n) is 4.46. The highest BCUT2D eigenvalue weighted by Crippen LogP contribution is 2.32. The number of carbonyl (C=O) groups is 2. The third-order valence-electron chi connectivity index (χ3n) is 3.35. The van der Waals surface area contributed by atoms with Gasteiger partial charge in [-0.2, -0.15) is 5.26 Å². The van der Waals surface area contributed by atoms with Crippen LogP contribution < -0.4 is 5.32 Å². The van der Waals surface area contributed by atoms with Crippen molar-refractivity contribution in [3.63, 3.8) is 0 Å². The van der Waals surface area contributed by atoms with E-state index in [0.717, 1.165) is 6.42 Å². The van der Waals surface area contributed by atoms with Gasteiger partial charge in [0.15, 0.2) is 0 Å². The smallest absolute Gasteiger partial charge is 0.307 e. The van der Waals surface area contributed by atoms with Crippen LogP contribution in [0.4, 0.5) is 0 Å². The summed E-state index contributed by atoms with van der Waals surface area (Å²) in [5, 5.41) is 20.4. The van der Waals surface area contributed by atoms with Crippen LogP contribution in [-0.4, -0.2) is 23.0 Å². The molecular weight excluding hydrogens is 220 g/mol. The summed E-state index contributed by atoms with van der Waals surface area (Å²) in [7, 11) is 0. The van der Waals surface area contributed by atoms with Crippen molar-refractivity contribution < 1.29 is 14.7 Å². The van der Waals surface area contributed by atoms with Gasteiger partial charge in [0.1, 0.15) is 0 Å². The van der Waals surface area contributed by atoms with Crippen molar-refractivity contribution >= 4 is 11.9 Å². The van der Waals surface area contributed by atoms with Gasteiger partial charge in [-0.15, -0.1) is 0 Å². The fourth-order valence-electron chi connectivity index (χ4n) is 2.29. The molecule has 1 saturated carbocycles. The Labute approximate surface area is 101 Å². The zero-order valence-electron chi connectivity index (χ0n) is 9.98. The molecule has 3 unspecified atom stereocenters. The molecule has 0 aromatic carbocycles. The van der Waals surface area contributed by atoms with Crippen LogP contribution >= 0.6 is 0 Å². The largest absolute Gasteiger partial charge is 0.481 e. The number of carbonyl (C=O) groups excluding carboxylic acids is 1. The number of carboxylic acid groups (broad SMARTS) is 1. The van der Waals surface area contributed by atoms with Gasteiger partial charge in [0, 0.05) is 6.04 Å². The highest BCUT2D eigenvalue weighted by atomic mass is 16.4. The predicted molar refractivity (Wildman–Crippen MR) is 60.9 cm³/mol. The van der Waals surface area contributed by atoms with Crippen LogP contribution in [0.3, 0.4) is 0 Å². The van der Waals surface area contributed by atoms with Gasteiger partial charge >= 0.3 is 5.97 Å². The van der Waals surface area contributed by atoms with Gasteiger partial charge in [0.2, 0.25) is 5.91 Å². The van der Waals surface area contributed by atoms with Gasteiger partial charge in [0.05, 0.1) is 24.3 Å². The number of hydrogen-bond acceptors (Lipinski definition) is 3. The van der Waals surface area contributed by atoms with Crippen molar-refractivity contribution in [2.75, 3.05) is 0 Å². The average Bonchev–Trinajstić information content (AvgIpc) is 2.77. The van der Waals surface area contributed by atoms with Gasteiger partial charge in [-0.05, 0) is 19.3 Å². The van der Waals surface area contributed by atoms with E-state index in [1.54, 1.807) is 0 Å². The molecule has 1 amide bonds. The first-order valence-electron chi connectivity index (χ1n) is 6.00. The zero-order valence-corrected chi connectivity index (χ0v) is 9.98. The number of nitriles is 1. The molecule has 1 aliphatic carbocycles. The van der Waals surface area contributed by atoms with E-state index in [1.165, 1.54) is 0 Å². The first-order chi connectivity index (χ1) is 8.10. The molecule has 0 bridgehead atoms. The van der Waals surface area contributed by atoms with E-state index in [1.807, 2.05) is 13.0 Å². The molecule has 0 aromatic heterocycles. The highest BCUT2D eigenvalue weighted by Gasteiger charge is 2.38. The molecule has 0 aliphatic heterocycles. The normalized spacial score (nSPS) is 24.9. The van der Waals surface area contributed by atoms with E-state index in [-0.39, 0.29) is 18.4 Å². The Morgan fingerprint density at radius 1 is 1.47 bits per heavy atom. The summed E-state index contributed by atoms with van der Waals surface area (Å²) < 4.78 is 0. The second kappa shape index (κ2) is 6.24. The van der Waals surface area contributed by atoms with Crippen LogP contribution in [0.5, 0.6) is 0 Å². The van der Waals surface area contributed by atoms with Crippen LogP contribution in [0.25, 0.3) is 0 Å².